The van der Waals surface area contributed by atoms with Crippen molar-refractivity contribution in [3.05, 3.63) is 41.5 Å². The van der Waals surface area contributed by atoms with E-state index in [1.165, 1.54) is 0 Å². The van der Waals surface area contributed by atoms with Crippen LogP contribution in [0.5, 0.6) is 0 Å². The molecule has 0 aliphatic carbocycles. The van der Waals surface area contributed by atoms with Gasteiger partial charge in [0.05, 0.1) is 6.54 Å². The number of hydrogen-bond acceptors (Lipinski definition) is 5. The van der Waals surface area contributed by atoms with E-state index < -0.39 is 11.8 Å². The lowest BCUT2D eigenvalue weighted by atomic mass is 10.1. The number of aromatic nitrogens is 2. The number of carbonyl (C=O) groups excluding carboxylic acids is 2. The summed E-state index contributed by atoms with van der Waals surface area (Å²) in [6, 6.07) is 7.33. The normalized spacial score (nSPS) is 10.2. The van der Waals surface area contributed by atoms with Crippen LogP contribution in [-0.4, -0.2) is 22.0 Å². The Labute approximate surface area is 121 Å². The summed E-state index contributed by atoms with van der Waals surface area (Å²) < 4.78 is 4.84. The van der Waals surface area contributed by atoms with Crippen LogP contribution in [0.3, 0.4) is 0 Å². The molecule has 7 nitrogen and oxygen atoms in total. The zero-order chi connectivity index (χ0) is 15.2. The molecule has 0 fully saturated rings. The van der Waals surface area contributed by atoms with Crippen LogP contribution in [-0.2, 0) is 22.6 Å². The number of rotatable bonds is 4. The predicted molar refractivity (Wildman–Crippen MR) is 75.3 cm³/mol. The van der Waals surface area contributed by atoms with E-state index in [4.69, 9.17) is 4.52 Å². The number of carbonyl (C=O) groups is 2. The molecule has 2 N–H and O–H groups in total. The summed E-state index contributed by atoms with van der Waals surface area (Å²) in [6.45, 7) is 3.66. The Morgan fingerprint density at radius 3 is 2.67 bits per heavy atom. The summed E-state index contributed by atoms with van der Waals surface area (Å²) in [6.07, 6.45) is 0.763. The maximum absolute atomic E-state index is 11.8. The van der Waals surface area contributed by atoms with Gasteiger partial charge in [0.25, 0.3) is 0 Å². The molecule has 21 heavy (non-hydrogen) atoms. The molecule has 0 unspecified atom stereocenters. The maximum atomic E-state index is 11.8. The molecule has 0 radical (unpaired) electrons. The second-order valence-electron chi connectivity index (χ2n) is 4.38. The molecule has 0 atom stereocenters. The summed E-state index contributed by atoms with van der Waals surface area (Å²) in [5.74, 6) is -0.757. The van der Waals surface area contributed by atoms with E-state index in [1.807, 2.05) is 19.1 Å². The average Bonchev–Trinajstić information content (AvgIpc) is 2.91. The molecule has 0 aliphatic rings. The average molecular weight is 288 g/mol. The first kappa shape index (κ1) is 14.7. The van der Waals surface area contributed by atoms with Gasteiger partial charge in [-0.25, -0.2) is 0 Å². The number of hydrogen-bond donors (Lipinski definition) is 2. The van der Waals surface area contributed by atoms with Gasteiger partial charge >= 0.3 is 11.8 Å². The first-order chi connectivity index (χ1) is 10.1. The van der Waals surface area contributed by atoms with Crippen LogP contribution >= 0.6 is 0 Å². The molecule has 7 heteroatoms. The molecule has 0 saturated carbocycles. The Bertz CT molecular complexity index is 651. The first-order valence-electron chi connectivity index (χ1n) is 6.56. The van der Waals surface area contributed by atoms with Crippen molar-refractivity contribution >= 4 is 17.5 Å². The molecule has 0 aliphatic heterocycles. The minimum atomic E-state index is -0.753. The van der Waals surface area contributed by atoms with Crippen molar-refractivity contribution in [2.24, 2.45) is 0 Å². The molecule has 1 aromatic carbocycles. The van der Waals surface area contributed by atoms with Crippen molar-refractivity contribution in [3.63, 3.8) is 0 Å². The minimum Gasteiger partial charge on any atom is -0.339 e. The van der Waals surface area contributed by atoms with Crippen molar-refractivity contribution in [1.29, 1.82) is 0 Å². The van der Waals surface area contributed by atoms with Crippen molar-refractivity contribution in [1.82, 2.24) is 15.5 Å². The van der Waals surface area contributed by atoms with Crippen LogP contribution in [0, 0.1) is 6.92 Å². The molecule has 2 amide bonds. The molecule has 2 rings (SSSR count). The van der Waals surface area contributed by atoms with E-state index >= 15 is 0 Å². The number of nitrogens with one attached hydrogen (secondary N) is 2. The van der Waals surface area contributed by atoms with Crippen LogP contribution in [0.4, 0.5) is 5.69 Å². The summed E-state index contributed by atoms with van der Waals surface area (Å²) in [5.41, 5.74) is 1.60. The Hall–Kier alpha value is -2.70. The highest BCUT2D eigenvalue weighted by Gasteiger charge is 2.15. The summed E-state index contributed by atoms with van der Waals surface area (Å²) in [7, 11) is 0. The molecule has 0 spiro atoms. The zero-order valence-electron chi connectivity index (χ0n) is 11.8. The number of anilines is 1. The van der Waals surface area contributed by atoms with Crippen LogP contribution < -0.4 is 10.6 Å². The van der Waals surface area contributed by atoms with Gasteiger partial charge < -0.3 is 15.2 Å². The van der Waals surface area contributed by atoms with E-state index in [1.54, 1.807) is 19.1 Å². The van der Waals surface area contributed by atoms with Crippen molar-refractivity contribution < 1.29 is 14.1 Å². The zero-order valence-corrected chi connectivity index (χ0v) is 11.8. The molecule has 1 aromatic heterocycles. The Balaban J connectivity index is 1.92. The van der Waals surface area contributed by atoms with E-state index in [-0.39, 0.29) is 12.4 Å². The van der Waals surface area contributed by atoms with E-state index in [2.05, 4.69) is 20.8 Å². The molecule has 2 aromatic rings. The summed E-state index contributed by atoms with van der Waals surface area (Å²) in [4.78, 5) is 27.5. The number of aryl methyl sites for hydroxylation is 2. The fourth-order valence-corrected chi connectivity index (χ4v) is 1.78. The smallest absolute Gasteiger partial charge is 0.313 e. The standard InChI is InChI=1S/C14H16N4O3/c1-3-10-6-4-5-7-11(10)17-14(20)13(19)15-8-12-16-9(2)18-21-12/h4-7H,3,8H2,1-2H3,(H,15,19)(H,17,20). The van der Waals surface area contributed by atoms with Crippen LogP contribution in [0.25, 0.3) is 0 Å². The third-order valence-corrected chi connectivity index (χ3v) is 2.82. The molecule has 0 saturated heterocycles. The number of para-hydroxylation sites is 1. The van der Waals surface area contributed by atoms with Gasteiger partial charge in [-0.15, -0.1) is 0 Å². The van der Waals surface area contributed by atoms with Gasteiger partial charge in [0.2, 0.25) is 5.89 Å². The SMILES string of the molecule is CCc1ccccc1NC(=O)C(=O)NCc1nc(C)no1. The van der Waals surface area contributed by atoms with Crippen molar-refractivity contribution in [3.8, 4) is 0 Å². The number of benzene rings is 1. The highest BCUT2D eigenvalue weighted by atomic mass is 16.5. The Kier molecular flexibility index (Phi) is 4.65. The number of nitrogens with zero attached hydrogens (tertiary/aromatic N) is 2. The molecular weight excluding hydrogens is 272 g/mol. The Morgan fingerprint density at radius 2 is 2.00 bits per heavy atom. The predicted octanol–water partition coefficient (Wildman–Crippen LogP) is 1.20. The minimum absolute atomic E-state index is 0.0164. The summed E-state index contributed by atoms with van der Waals surface area (Å²) in [5, 5.41) is 8.60. The van der Waals surface area contributed by atoms with Gasteiger partial charge in [0.1, 0.15) is 0 Å². The molecule has 110 valence electrons. The molecule has 0 bridgehead atoms. The quantitative estimate of drug-likeness (QED) is 0.824. The third kappa shape index (κ3) is 3.88. The van der Waals surface area contributed by atoms with Crippen LogP contribution in [0.15, 0.2) is 28.8 Å². The van der Waals surface area contributed by atoms with Crippen LogP contribution in [0.1, 0.15) is 24.2 Å². The second-order valence-corrected chi connectivity index (χ2v) is 4.38. The molecular formula is C14H16N4O3. The second kappa shape index (κ2) is 6.65. The topological polar surface area (TPSA) is 97.1 Å². The monoisotopic (exact) mass is 288 g/mol. The molecule has 1 heterocycles. The first-order valence-corrected chi connectivity index (χ1v) is 6.56. The van der Waals surface area contributed by atoms with E-state index in [0.717, 1.165) is 12.0 Å². The third-order valence-electron chi connectivity index (χ3n) is 2.82. The van der Waals surface area contributed by atoms with E-state index in [9.17, 15) is 9.59 Å². The van der Waals surface area contributed by atoms with Gasteiger partial charge in [-0.2, -0.15) is 4.98 Å². The van der Waals surface area contributed by atoms with Gasteiger partial charge in [0, 0.05) is 5.69 Å². The fraction of sp³-hybridized carbons (Fsp3) is 0.286. The highest BCUT2D eigenvalue weighted by molar-refractivity contribution is 6.39. The van der Waals surface area contributed by atoms with Gasteiger partial charge in [0.15, 0.2) is 5.82 Å². The lowest BCUT2D eigenvalue weighted by Crippen LogP contribution is -2.35. The Morgan fingerprint density at radius 1 is 1.24 bits per heavy atom. The van der Waals surface area contributed by atoms with E-state index in [0.29, 0.717) is 11.5 Å². The number of amides is 2. The van der Waals surface area contributed by atoms with Crippen molar-refractivity contribution in [2.75, 3.05) is 5.32 Å². The largest absolute Gasteiger partial charge is 0.339 e. The van der Waals surface area contributed by atoms with Gasteiger partial charge in [-0.05, 0) is 25.0 Å². The van der Waals surface area contributed by atoms with Crippen molar-refractivity contribution in [2.45, 2.75) is 26.8 Å². The highest BCUT2D eigenvalue weighted by Crippen LogP contribution is 2.15. The van der Waals surface area contributed by atoms with Gasteiger partial charge in [-0.3, -0.25) is 9.59 Å². The lowest BCUT2D eigenvalue weighted by Gasteiger charge is -2.09. The van der Waals surface area contributed by atoms with Crippen LogP contribution in [0.2, 0.25) is 0 Å². The fourth-order valence-electron chi connectivity index (χ4n) is 1.78. The summed E-state index contributed by atoms with van der Waals surface area (Å²) >= 11 is 0. The van der Waals surface area contributed by atoms with Gasteiger partial charge in [-0.1, -0.05) is 30.3 Å². The maximum Gasteiger partial charge on any atom is 0.313 e. The lowest BCUT2D eigenvalue weighted by molar-refractivity contribution is -0.136.